The molecular formula is C25H30F2N3O5+. The van der Waals surface area contributed by atoms with Gasteiger partial charge in [-0.2, -0.15) is 0 Å². The number of esters is 1. The number of nitrogens with zero attached hydrogens (tertiary/aromatic N) is 2. The predicted octanol–water partition coefficient (Wildman–Crippen LogP) is 2.68. The van der Waals surface area contributed by atoms with Crippen molar-refractivity contribution in [2.75, 3.05) is 19.6 Å². The number of halogens is 2. The number of carbonyl (C=O) groups excluding carboxylic acids is 2. The number of alkyl halides is 2. The number of aromatic nitrogens is 1. The topological polar surface area (TPSA) is 116 Å². The van der Waals surface area contributed by atoms with Crippen molar-refractivity contribution in [2.45, 2.75) is 55.8 Å². The molecule has 35 heavy (non-hydrogen) atoms. The summed E-state index contributed by atoms with van der Waals surface area (Å²) in [6.45, 7) is 1.65. The molecule has 1 aromatic heterocycles. The van der Waals surface area contributed by atoms with Crippen molar-refractivity contribution in [2.24, 2.45) is 17.6 Å². The maximum absolute atomic E-state index is 14.1. The SMILES string of the molecule is NC(=O)C(c1ccon1)[N+]12CCC(CC1)[C@@H](OC(=O)C(O)(c1ccccc1)C1CCC(F)(F)C1)C2. The highest BCUT2D eigenvalue weighted by molar-refractivity contribution is 5.82. The van der Waals surface area contributed by atoms with E-state index in [1.165, 1.54) is 6.26 Å². The molecule has 6 rings (SSSR count). The van der Waals surface area contributed by atoms with Gasteiger partial charge >= 0.3 is 5.97 Å². The van der Waals surface area contributed by atoms with Gasteiger partial charge in [0.25, 0.3) is 5.91 Å². The first-order chi connectivity index (χ1) is 16.6. The monoisotopic (exact) mass is 490 g/mol. The number of ether oxygens (including phenoxy) is 1. The molecule has 0 spiro atoms. The van der Waals surface area contributed by atoms with E-state index in [0.717, 1.165) is 0 Å². The van der Waals surface area contributed by atoms with E-state index < -0.39 is 47.9 Å². The molecule has 188 valence electrons. The Balaban J connectivity index is 1.42. The molecule has 1 aliphatic carbocycles. The summed E-state index contributed by atoms with van der Waals surface area (Å²) in [7, 11) is 0. The normalized spacial score (nSPS) is 32.0. The van der Waals surface area contributed by atoms with E-state index in [1.807, 2.05) is 0 Å². The molecule has 1 aromatic carbocycles. The molecule has 3 saturated heterocycles. The molecule has 3 unspecified atom stereocenters. The maximum atomic E-state index is 14.1. The molecular weight excluding hydrogens is 460 g/mol. The Hall–Kier alpha value is -2.85. The van der Waals surface area contributed by atoms with Gasteiger partial charge in [-0.3, -0.25) is 4.79 Å². The average molecular weight is 491 g/mol. The van der Waals surface area contributed by atoms with Crippen molar-refractivity contribution in [1.29, 1.82) is 0 Å². The second-order valence-corrected chi connectivity index (χ2v) is 10.3. The lowest BCUT2D eigenvalue weighted by Crippen LogP contribution is -2.67. The van der Waals surface area contributed by atoms with Gasteiger partial charge in [0.05, 0.1) is 13.1 Å². The molecule has 4 heterocycles. The fourth-order valence-electron chi connectivity index (χ4n) is 6.47. The van der Waals surface area contributed by atoms with Crippen LogP contribution in [0, 0.1) is 11.8 Å². The van der Waals surface area contributed by atoms with E-state index >= 15 is 0 Å². The second-order valence-electron chi connectivity index (χ2n) is 10.3. The largest absolute Gasteiger partial charge is 0.454 e. The van der Waals surface area contributed by atoms with E-state index in [2.05, 4.69) is 5.16 Å². The fraction of sp³-hybridized carbons (Fsp3) is 0.560. The smallest absolute Gasteiger partial charge is 0.343 e. The lowest BCUT2D eigenvalue weighted by Gasteiger charge is -2.54. The van der Waals surface area contributed by atoms with Crippen molar-refractivity contribution in [3.63, 3.8) is 0 Å². The summed E-state index contributed by atoms with van der Waals surface area (Å²) >= 11 is 0. The van der Waals surface area contributed by atoms with Gasteiger partial charge in [0.2, 0.25) is 12.0 Å². The van der Waals surface area contributed by atoms with E-state index in [1.54, 1.807) is 36.4 Å². The molecule has 3 N–H and O–H groups in total. The summed E-state index contributed by atoms with van der Waals surface area (Å²) in [5.41, 5.74) is 4.27. The summed E-state index contributed by atoms with van der Waals surface area (Å²) in [6, 6.07) is 9.03. The van der Waals surface area contributed by atoms with Crippen molar-refractivity contribution >= 4 is 11.9 Å². The molecule has 1 amide bonds. The number of quaternary nitrogens is 1. The van der Waals surface area contributed by atoms with Crippen molar-refractivity contribution < 1.29 is 37.2 Å². The average Bonchev–Trinajstić information content (AvgIpc) is 3.49. The Labute approximate surface area is 201 Å². The second kappa shape index (κ2) is 8.67. The van der Waals surface area contributed by atoms with Crippen LogP contribution in [0.25, 0.3) is 0 Å². The highest BCUT2D eigenvalue weighted by Gasteiger charge is 2.58. The van der Waals surface area contributed by atoms with Crippen LogP contribution in [0.4, 0.5) is 8.78 Å². The molecule has 4 fully saturated rings. The molecule has 2 bridgehead atoms. The minimum Gasteiger partial charge on any atom is -0.454 e. The molecule has 2 aromatic rings. The molecule has 3 aliphatic heterocycles. The lowest BCUT2D eigenvalue weighted by molar-refractivity contribution is -0.965. The zero-order valence-electron chi connectivity index (χ0n) is 19.3. The van der Waals surface area contributed by atoms with Gasteiger partial charge in [-0.25, -0.2) is 13.6 Å². The first kappa shape index (κ1) is 23.9. The molecule has 4 aliphatic rings. The highest BCUT2D eigenvalue weighted by Crippen LogP contribution is 2.49. The third kappa shape index (κ3) is 4.12. The Kier molecular flexibility index (Phi) is 5.91. The van der Waals surface area contributed by atoms with E-state index in [9.17, 15) is 23.5 Å². The number of fused-ring (bicyclic) bond motifs is 3. The molecule has 8 nitrogen and oxygen atoms in total. The maximum Gasteiger partial charge on any atom is 0.343 e. The van der Waals surface area contributed by atoms with Crippen LogP contribution in [-0.2, 0) is 19.9 Å². The zero-order chi connectivity index (χ0) is 24.8. The van der Waals surface area contributed by atoms with Crippen LogP contribution in [-0.4, -0.2) is 58.3 Å². The number of benzene rings is 1. The Morgan fingerprint density at radius 1 is 1.20 bits per heavy atom. The summed E-state index contributed by atoms with van der Waals surface area (Å²) in [6.07, 6.45) is 1.24. The quantitative estimate of drug-likeness (QED) is 0.456. The van der Waals surface area contributed by atoms with Crippen LogP contribution in [0.15, 0.2) is 47.2 Å². The minimum atomic E-state index is -2.94. The molecule has 4 atom stereocenters. The van der Waals surface area contributed by atoms with E-state index in [4.69, 9.17) is 15.0 Å². The Bertz CT molecular complexity index is 1070. The number of amides is 1. The van der Waals surface area contributed by atoms with Crippen molar-refractivity contribution in [3.8, 4) is 0 Å². The van der Waals surface area contributed by atoms with E-state index in [0.29, 0.717) is 38.2 Å². The van der Waals surface area contributed by atoms with Crippen LogP contribution < -0.4 is 5.73 Å². The number of carbonyl (C=O) groups is 2. The third-order valence-corrected chi connectivity index (χ3v) is 8.29. The van der Waals surface area contributed by atoms with Crippen molar-refractivity contribution in [3.05, 3.63) is 53.9 Å². The number of aliphatic hydroxyl groups is 1. The fourth-order valence-corrected chi connectivity index (χ4v) is 6.47. The number of hydrogen-bond donors (Lipinski definition) is 2. The minimum absolute atomic E-state index is 0.0114. The molecule has 0 radical (unpaired) electrons. The van der Waals surface area contributed by atoms with Crippen LogP contribution in [0.1, 0.15) is 49.4 Å². The number of piperidine rings is 3. The summed E-state index contributed by atoms with van der Waals surface area (Å²) in [4.78, 5) is 26.1. The standard InChI is InChI=1S/C25H29F2N3O5/c26-24(27)10-6-18(14-24)25(33,17-4-2-1-3-5-17)23(32)35-20-15-30(11-7-16(20)8-12-30)21(22(28)31)19-9-13-34-29-19/h1-5,9,13,16,18,20-21,33H,6-8,10-12,14-15H2,(H-,28,31)/p+1/t16?,18?,20-,21?,25?,30?/m0/s1. The zero-order valence-corrected chi connectivity index (χ0v) is 19.3. The Morgan fingerprint density at radius 3 is 2.49 bits per heavy atom. The van der Waals surface area contributed by atoms with Gasteiger partial charge < -0.3 is 24.6 Å². The van der Waals surface area contributed by atoms with Gasteiger partial charge in [0, 0.05) is 43.6 Å². The summed E-state index contributed by atoms with van der Waals surface area (Å²) < 4.78 is 39.4. The van der Waals surface area contributed by atoms with Crippen molar-refractivity contribution in [1.82, 2.24) is 5.16 Å². The van der Waals surface area contributed by atoms with Gasteiger partial charge in [0.15, 0.2) is 17.4 Å². The summed E-state index contributed by atoms with van der Waals surface area (Å²) in [5, 5.41) is 15.6. The van der Waals surface area contributed by atoms with Crippen LogP contribution >= 0.6 is 0 Å². The van der Waals surface area contributed by atoms with Gasteiger partial charge in [-0.1, -0.05) is 35.5 Å². The first-order valence-electron chi connectivity index (χ1n) is 12.1. The highest BCUT2D eigenvalue weighted by atomic mass is 19.3. The van der Waals surface area contributed by atoms with Gasteiger partial charge in [-0.15, -0.1) is 0 Å². The van der Waals surface area contributed by atoms with Crippen LogP contribution in [0.2, 0.25) is 0 Å². The van der Waals surface area contributed by atoms with Gasteiger partial charge in [0.1, 0.15) is 12.8 Å². The van der Waals surface area contributed by atoms with E-state index in [-0.39, 0.29) is 28.8 Å². The number of nitrogens with two attached hydrogens (primary N) is 1. The number of hydrogen-bond acceptors (Lipinski definition) is 6. The predicted molar refractivity (Wildman–Crippen MR) is 119 cm³/mol. The Morgan fingerprint density at radius 2 is 1.91 bits per heavy atom. The van der Waals surface area contributed by atoms with Crippen LogP contribution in [0.3, 0.4) is 0 Å². The number of rotatable bonds is 7. The summed E-state index contributed by atoms with van der Waals surface area (Å²) in [5.74, 6) is -5.32. The molecule has 10 heteroatoms. The van der Waals surface area contributed by atoms with Crippen LogP contribution in [0.5, 0.6) is 0 Å². The van der Waals surface area contributed by atoms with Gasteiger partial charge in [-0.05, 0) is 12.0 Å². The lowest BCUT2D eigenvalue weighted by atomic mass is 9.79. The third-order valence-electron chi connectivity index (χ3n) is 8.29. The molecule has 1 saturated carbocycles. The first-order valence-corrected chi connectivity index (χ1v) is 12.1. The number of primary amides is 1.